The average molecular weight is 506 g/mol. The molecular formula is C23H17F3N2O6S. The molecule has 35 heavy (non-hydrogen) atoms. The lowest BCUT2D eigenvalue weighted by Crippen LogP contribution is -2.38. The Balaban J connectivity index is 1.65. The first-order chi connectivity index (χ1) is 16.5. The standard InChI is InChI=1S/C23H17F3N2O6S/c24-23(25,26)16-2-1-3-18(13-16)35(32,33)28-10-11-34-20-9-6-15(12-19(20)28)21(29)27-17-7-4-14(5-8-17)22(30)31/h1-9,12-13H,10-11H2,(H,27,29)(H,30,31). The fourth-order valence-corrected chi connectivity index (χ4v) is 4.94. The molecule has 0 aromatic heterocycles. The molecule has 0 radical (unpaired) electrons. The molecule has 0 aliphatic carbocycles. The Morgan fingerprint density at radius 1 is 0.971 bits per heavy atom. The number of hydrogen-bond acceptors (Lipinski definition) is 5. The van der Waals surface area contributed by atoms with Crippen molar-refractivity contribution < 1.29 is 41.0 Å². The van der Waals surface area contributed by atoms with Crippen LogP contribution in [0.1, 0.15) is 26.3 Å². The highest BCUT2D eigenvalue weighted by Crippen LogP contribution is 2.37. The number of nitrogens with one attached hydrogen (secondary N) is 1. The van der Waals surface area contributed by atoms with Crippen LogP contribution in [0.4, 0.5) is 24.5 Å². The Hall–Kier alpha value is -4.06. The summed E-state index contributed by atoms with van der Waals surface area (Å²) in [5.74, 6) is -1.59. The zero-order valence-corrected chi connectivity index (χ0v) is 18.6. The van der Waals surface area contributed by atoms with Crippen molar-refractivity contribution in [2.45, 2.75) is 11.1 Å². The van der Waals surface area contributed by atoms with Crippen LogP contribution in [0.2, 0.25) is 0 Å². The molecule has 0 saturated heterocycles. The minimum absolute atomic E-state index is 0.00235. The molecule has 3 aromatic carbocycles. The number of carbonyl (C=O) groups excluding carboxylic acids is 1. The number of carboxylic acid groups (broad SMARTS) is 1. The Morgan fingerprint density at radius 3 is 2.31 bits per heavy atom. The maximum absolute atomic E-state index is 13.2. The summed E-state index contributed by atoms with van der Waals surface area (Å²) in [5, 5.41) is 11.5. The number of halogens is 3. The number of alkyl halides is 3. The van der Waals surface area contributed by atoms with E-state index in [1.54, 1.807) is 0 Å². The van der Waals surface area contributed by atoms with Crippen molar-refractivity contribution in [1.82, 2.24) is 0 Å². The average Bonchev–Trinajstić information content (AvgIpc) is 2.83. The molecule has 1 amide bonds. The SMILES string of the molecule is O=C(O)c1ccc(NC(=O)c2ccc3c(c2)N(S(=O)(=O)c2cccc(C(F)(F)F)c2)CCO3)cc1. The second-order valence-electron chi connectivity index (χ2n) is 7.47. The van der Waals surface area contributed by atoms with E-state index in [-0.39, 0.29) is 35.7 Å². The summed E-state index contributed by atoms with van der Waals surface area (Å²) in [6, 6.07) is 12.9. The molecule has 0 atom stereocenters. The highest BCUT2D eigenvalue weighted by atomic mass is 32.2. The van der Waals surface area contributed by atoms with Crippen molar-refractivity contribution >= 4 is 33.3 Å². The molecule has 0 saturated carbocycles. The van der Waals surface area contributed by atoms with Gasteiger partial charge in [-0.15, -0.1) is 0 Å². The number of rotatable bonds is 5. The number of hydrogen-bond donors (Lipinski definition) is 2. The van der Waals surface area contributed by atoms with E-state index in [2.05, 4.69) is 5.32 Å². The number of fused-ring (bicyclic) bond motifs is 1. The number of aromatic carboxylic acids is 1. The molecule has 1 aliphatic rings. The van der Waals surface area contributed by atoms with Crippen molar-refractivity contribution in [3.8, 4) is 5.75 Å². The summed E-state index contributed by atoms with van der Waals surface area (Å²) in [5.41, 5.74) is -0.704. The highest BCUT2D eigenvalue weighted by molar-refractivity contribution is 7.92. The molecule has 0 spiro atoms. The zero-order valence-electron chi connectivity index (χ0n) is 17.7. The van der Waals surface area contributed by atoms with E-state index in [0.29, 0.717) is 11.8 Å². The fraction of sp³-hybridized carbons (Fsp3) is 0.130. The minimum Gasteiger partial charge on any atom is -0.489 e. The molecule has 1 aliphatic heterocycles. The summed E-state index contributed by atoms with van der Waals surface area (Å²) >= 11 is 0. The summed E-state index contributed by atoms with van der Waals surface area (Å²) in [4.78, 5) is 23.2. The lowest BCUT2D eigenvalue weighted by molar-refractivity contribution is -0.137. The van der Waals surface area contributed by atoms with Gasteiger partial charge in [0.2, 0.25) is 0 Å². The largest absolute Gasteiger partial charge is 0.489 e. The number of anilines is 2. The van der Waals surface area contributed by atoms with E-state index in [1.165, 1.54) is 42.5 Å². The maximum Gasteiger partial charge on any atom is 0.416 e. The van der Waals surface area contributed by atoms with E-state index >= 15 is 0 Å². The van der Waals surface area contributed by atoms with Gasteiger partial charge in [0.15, 0.2) is 0 Å². The van der Waals surface area contributed by atoms with Crippen LogP contribution in [0.25, 0.3) is 0 Å². The molecule has 12 heteroatoms. The van der Waals surface area contributed by atoms with Gasteiger partial charge in [-0.1, -0.05) is 6.07 Å². The first-order valence-electron chi connectivity index (χ1n) is 10.1. The van der Waals surface area contributed by atoms with Crippen LogP contribution >= 0.6 is 0 Å². The summed E-state index contributed by atoms with van der Waals surface area (Å²) in [6.07, 6.45) is -4.72. The van der Waals surface area contributed by atoms with Gasteiger partial charge in [0, 0.05) is 11.3 Å². The number of benzene rings is 3. The lowest BCUT2D eigenvalue weighted by Gasteiger charge is -2.31. The Morgan fingerprint density at radius 2 is 1.66 bits per heavy atom. The van der Waals surface area contributed by atoms with Crippen LogP contribution in [-0.4, -0.2) is 38.6 Å². The maximum atomic E-state index is 13.2. The lowest BCUT2D eigenvalue weighted by atomic mass is 10.1. The van der Waals surface area contributed by atoms with Crippen molar-refractivity contribution in [3.05, 3.63) is 83.4 Å². The molecule has 0 fully saturated rings. The van der Waals surface area contributed by atoms with Gasteiger partial charge in [-0.05, 0) is 60.7 Å². The molecule has 4 rings (SSSR count). The van der Waals surface area contributed by atoms with Crippen molar-refractivity contribution in [1.29, 1.82) is 0 Å². The molecule has 8 nitrogen and oxygen atoms in total. The van der Waals surface area contributed by atoms with Gasteiger partial charge in [-0.25, -0.2) is 13.2 Å². The summed E-state index contributed by atoms with van der Waals surface area (Å²) in [6.45, 7) is -0.208. The van der Waals surface area contributed by atoms with E-state index in [9.17, 15) is 31.2 Å². The number of amides is 1. The van der Waals surface area contributed by atoms with E-state index in [4.69, 9.17) is 9.84 Å². The summed E-state index contributed by atoms with van der Waals surface area (Å²) in [7, 11) is -4.41. The Kier molecular flexibility index (Phi) is 6.15. The highest BCUT2D eigenvalue weighted by Gasteiger charge is 2.35. The van der Waals surface area contributed by atoms with Crippen molar-refractivity contribution in [2.75, 3.05) is 22.8 Å². The Labute approximate surface area is 197 Å². The quantitative estimate of drug-likeness (QED) is 0.535. The third kappa shape index (κ3) is 4.92. The minimum atomic E-state index is -4.72. The number of ether oxygens (including phenoxy) is 1. The molecule has 0 bridgehead atoms. The smallest absolute Gasteiger partial charge is 0.416 e. The van der Waals surface area contributed by atoms with Gasteiger partial charge in [0.05, 0.1) is 28.3 Å². The fourth-order valence-electron chi connectivity index (χ4n) is 3.44. The van der Waals surface area contributed by atoms with Crippen LogP contribution in [-0.2, 0) is 16.2 Å². The first kappa shape index (κ1) is 24.1. The molecule has 0 unspecified atom stereocenters. The normalized spacial score (nSPS) is 13.5. The van der Waals surface area contributed by atoms with Gasteiger partial charge < -0.3 is 15.2 Å². The van der Waals surface area contributed by atoms with Gasteiger partial charge >= 0.3 is 12.1 Å². The van der Waals surface area contributed by atoms with E-state index in [0.717, 1.165) is 22.5 Å². The van der Waals surface area contributed by atoms with Gasteiger partial charge in [-0.2, -0.15) is 13.2 Å². The number of sulfonamides is 1. The van der Waals surface area contributed by atoms with E-state index in [1.807, 2.05) is 0 Å². The van der Waals surface area contributed by atoms with Crippen LogP contribution in [0.15, 0.2) is 71.6 Å². The number of carbonyl (C=O) groups is 2. The second kappa shape index (κ2) is 8.95. The van der Waals surface area contributed by atoms with Gasteiger partial charge in [0.1, 0.15) is 12.4 Å². The summed E-state index contributed by atoms with van der Waals surface area (Å²) < 4.78 is 72.2. The van der Waals surface area contributed by atoms with Crippen LogP contribution in [0.5, 0.6) is 5.75 Å². The van der Waals surface area contributed by atoms with Crippen molar-refractivity contribution in [3.63, 3.8) is 0 Å². The molecule has 3 aromatic rings. The van der Waals surface area contributed by atoms with Crippen molar-refractivity contribution in [2.24, 2.45) is 0 Å². The third-order valence-electron chi connectivity index (χ3n) is 5.18. The number of carboxylic acids is 1. The van der Waals surface area contributed by atoms with Crippen LogP contribution in [0, 0.1) is 0 Å². The van der Waals surface area contributed by atoms with Crippen LogP contribution < -0.4 is 14.4 Å². The van der Waals surface area contributed by atoms with Gasteiger partial charge in [0.25, 0.3) is 15.9 Å². The Bertz CT molecular complexity index is 1410. The monoisotopic (exact) mass is 506 g/mol. The molecular weight excluding hydrogens is 489 g/mol. The zero-order chi connectivity index (χ0) is 25.4. The number of nitrogens with zero attached hydrogens (tertiary/aromatic N) is 1. The molecule has 182 valence electrons. The first-order valence-corrected chi connectivity index (χ1v) is 11.5. The molecule has 2 N–H and O–H groups in total. The molecule has 1 heterocycles. The second-order valence-corrected chi connectivity index (χ2v) is 9.33. The van der Waals surface area contributed by atoms with Gasteiger partial charge in [-0.3, -0.25) is 9.10 Å². The van der Waals surface area contributed by atoms with E-state index < -0.39 is 38.5 Å². The topological polar surface area (TPSA) is 113 Å². The predicted molar refractivity (Wildman–Crippen MR) is 119 cm³/mol. The third-order valence-corrected chi connectivity index (χ3v) is 6.99. The van der Waals surface area contributed by atoms with Crippen LogP contribution in [0.3, 0.4) is 0 Å². The predicted octanol–water partition coefficient (Wildman–Crippen LogP) is 4.24.